The molecule has 1 aliphatic rings. The van der Waals surface area contributed by atoms with Crippen LogP contribution in [0.4, 0.5) is 0 Å². The zero-order valence-corrected chi connectivity index (χ0v) is 17.1. The second-order valence-corrected chi connectivity index (χ2v) is 7.15. The molecule has 0 radical (unpaired) electrons. The molecular weight excluding hydrogens is 388 g/mol. The van der Waals surface area contributed by atoms with Gasteiger partial charge >= 0.3 is 0 Å². The second-order valence-electron chi connectivity index (χ2n) is 6.74. The van der Waals surface area contributed by atoms with E-state index in [2.05, 4.69) is 9.97 Å². The Balaban J connectivity index is 1.92. The van der Waals surface area contributed by atoms with Gasteiger partial charge in [-0.2, -0.15) is 0 Å². The molecule has 29 heavy (non-hydrogen) atoms. The molecule has 0 spiro atoms. The van der Waals surface area contributed by atoms with Crippen LogP contribution in [0.15, 0.2) is 53.3 Å². The maximum atomic E-state index is 12.7. The fraction of sp³-hybridized carbons (Fsp3) is 0.182. The van der Waals surface area contributed by atoms with Gasteiger partial charge in [0.2, 0.25) is 5.88 Å². The number of nitrogens with one attached hydrogen (secondary N) is 2. The Bertz CT molecular complexity index is 1210. The number of hydrogen-bond acceptors (Lipinski definition) is 5. The minimum absolute atomic E-state index is 0.208. The van der Waals surface area contributed by atoms with Crippen LogP contribution in [0.25, 0.3) is 5.76 Å². The number of ether oxygens (including phenoxy) is 3. The number of allylic oxidation sites excluding steroid dienone is 1. The Kier molecular flexibility index (Phi) is 4.98. The van der Waals surface area contributed by atoms with E-state index in [1.807, 2.05) is 49.4 Å². The third-order valence-corrected chi connectivity index (χ3v) is 5.10. The Morgan fingerprint density at radius 3 is 2.48 bits per heavy atom. The van der Waals surface area contributed by atoms with E-state index in [0.717, 1.165) is 16.7 Å². The quantitative estimate of drug-likeness (QED) is 0.629. The van der Waals surface area contributed by atoms with E-state index in [-0.39, 0.29) is 16.2 Å². The van der Waals surface area contributed by atoms with Crippen molar-refractivity contribution in [3.8, 4) is 17.4 Å². The third-order valence-electron chi connectivity index (χ3n) is 4.90. The minimum Gasteiger partial charge on any atom is -0.497 e. The highest BCUT2D eigenvalue weighted by Crippen LogP contribution is 2.40. The SMILES string of the molecule is COc1ccc(C2=CC(c3ccc(C)cc3)c3c([nH]c(=S)[nH]c3=O)O2)c(OC)c1. The number of rotatable bonds is 4. The monoisotopic (exact) mass is 408 g/mol. The first-order chi connectivity index (χ1) is 14.0. The normalized spacial score (nSPS) is 15.1. The van der Waals surface area contributed by atoms with Gasteiger partial charge in [0.05, 0.1) is 25.3 Å². The lowest BCUT2D eigenvalue weighted by atomic mass is 9.89. The topological polar surface area (TPSA) is 76.3 Å². The summed E-state index contributed by atoms with van der Waals surface area (Å²) < 4.78 is 17.1. The summed E-state index contributed by atoms with van der Waals surface area (Å²) in [7, 11) is 3.19. The Morgan fingerprint density at radius 1 is 1.03 bits per heavy atom. The van der Waals surface area contributed by atoms with Crippen LogP contribution in [0.5, 0.6) is 17.4 Å². The van der Waals surface area contributed by atoms with Gasteiger partial charge in [0, 0.05) is 12.0 Å². The van der Waals surface area contributed by atoms with Crippen LogP contribution in [0.3, 0.4) is 0 Å². The number of hydrogen-bond donors (Lipinski definition) is 2. The number of H-pyrrole nitrogens is 2. The highest BCUT2D eigenvalue weighted by Gasteiger charge is 2.29. The van der Waals surface area contributed by atoms with Crippen molar-refractivity contribution in [1.82, 2.24) is 9.97 Å². The number of aromatic nitrogens is 2. The molecule has 0 fully saturated rings. The summed E-state index contributed by atoms with van der Waals surface area (Å²) in [5.41, 5.74) is 3.07. The van der Waals surface area contributed by atoms with E-state index in [4.69, 9.17) is 26.4 Å². The van der Waals surface area contributed by atoms with Gasteiger partial charge in [-0.15, -0.1) is 0 Å². The molecule has 2 aromatic carbocycles. The number of aryl methyl sites for hydroxylation is 1. The van der Waals surface area contributed by atoms with Gasteiger partial charge in [-0.1, -0.05) is 29.8 Å². The van der Waals surface area contributed by atoms with Gasteiger partial charge in [-0.05, 0) is 42.9 Å². The van der Waals surface area contributed by atoms with E-state index in [1.54, 1.807) is 20.3 Å². The average molecular weight is 408 g/mol. The zero-order chi connectivity index (χ0) is 20.5. The van der Waals surface area contributed by atoms with Gasteiger partial charge in [-0.25, -0.2) is 0 Å². The fourth-order valence-corrected chi connectivity index (χ4v) is 3.59. The molecule has 6 nitrogen and oxygen atoms in total. The summed E-state index contributed by atoms with van der Waals surface area (Å²) in [5, 5.41) is 0. The van der Waals surface area contributed by atoms with Crippen molar-refractivity contribution in [3.63, 3.8) is 0 Å². The van der Waals surface area contributed by atoms with Crippen LogP contribution < -0.4 is 19.8 Å². The molecule has 148 valence electrons. The van der Waals surface area contributed by atoms with Crippen molar-refractivity contribution < 1.29 is 14.2 Å². The van der Waals surface area contributed by atoms with Gasteiger partial charge in [-0.3, -0.25) is 9.78 Å². The molecule has 1 aromatic heterocycles. The van der Waals surface area contributed by atoms with Crippen molar-refractivity contribution in [2.75, 3.05) is 14.2 Å². The predicted molar refractivity (Wildman–Crippen MR) is 113 cm³/mol. The lowest BCUT2D eigenvalue weighted by Crippen LogP contribution is -2.23. The summed E-state index contributed by atoms with van der Waals surface area (Å²) in [6.07, 6.45) is 1.92. The average Bonchev–Trinajstić information content (AvgIpc) is 2.72. The molecule has 0 saturated carbocycles. The summed E-state index contributed by atoms with van der Waals surface area (Å²) in [4.78, 5) is 18.3. The van der Waals surface area contributed by atoms with Crippen LogP contribution >= 0.6 is 12.2 Å². The lowest BCUT2D eigenvalue weighted by Gasteiger charge is -2.25. The Labute approximate surface area is 172 Å². The van der Waals surface area contributed by atoms with Gasteiger partial charge in [0.15, 0.2) is 4.77 Å². The van der Waals surface area contributed by atoms with Crippen LogP contribution in [-0.2, 0) is 0 Å². The molecule has 0 saturated heterocycles. The number of fused-ring (bicyclic) bond motifs is 1. The third kappa shape index (κ3) is 3.56. The van der Waals surface area contributed by atoms with Crippen molar-refractivity contribution >= 4 is 18.0 Å². The molecule has 2 heterocycles. The molecule has 2 N–H and O–H groups in total. The van der Waals surface area contributed by atoms with Crippen LogP contribution in [0, 0.1) is 11.7 Å². The molecule has 1 atom stereocenters. The largest absolute Gasteiger partial charge is 0.497 e. The first kappa shape index (κ1) is 19.0. The van der Waals surface area contributed by atoms with E-state index < -0.39 is 0 Å². The van der Waals surface area contributed by atoms with Crippen LogP contribution in [0.2, 0.25) is 0 Å². The lowest BCUT2D eigenvalue weighted by molar-refractivity contribution is 0.389. The molecule has 7 heteroatoms. The predicted octanol–water partition coefficient (Wildman–Crippen LogP) is 4.32. The van der Waals surface area contributed by atoms with Crippen molar-refractivity contribution in [1.29, 1.82) is 0 Å². The summed E-state index contributed by atoms with van der Waals surface area (Å²) >= 11 is 5.14. The smallest absolute Gasteiger partial charge is 0.259 e. The number of methoxy groups -OCH3 is 2. The first-order valence-corrected chi connectivity index (χ1v) is 9.46. The molecule has 4 rings (SSSR count). The summed E-state index contributed by atoms with van der Waals surface area (Å²) in [5.74, 6) is 1.87. The van der Waals surface area contributed by atoms with Crippen LogP contribution in [0.1, 0.15) is 28.2 Å². The van der Waals surface area contributed by atoms with Gasteiger partial charge in [0.1, 0.15) is 17.3 Å². The van der Waals surface area contributed by atoms with Crippen LogP contribution in [-0.4, -0.2) is 24.2 Å². The molecular formula is C22H20N2O4S. The summed E-state index contributed by atoms with van der Waals surface area (Å²) in [6.45, 7) is 2.02. The first-order valence-electron chi connectivity index (χ1n) is 9.05. The number of aromatic amines is 2. The minimum atomic E-state index is -0.309. The van der Waals surface area contributed by atoms with E-state index in [9.17, 15) is 4.79 Å². The molecule has 0 aliphatic carbocycles. The highest BCUT2D eigenvalue weighted by molar-refractivity contribution is 7.71. The molecule has 0 bridgehead atoms. The molecule has 3 aromatic rings. The van der Waals surface area contributed by atoms with Crippen molar-refractivity contribution in [3.05, 3.63) is 85.9 Å². The van der Waals surface area contributed by atoms with Crippen molar-refractivity contribution in [2.45, 2.75) is 12.8 Å². The second kappa shape index (κ2) is 7.60. The molecule has 0 amide bonds. The maximum Gasteiger partial charge on any atom is 0.259 e. The zero-order valence-electron chi connectivity index (χ0n) is 16.2. The fourth-order valence-electron chi connectivity index (χ4n) is 3.40. The van der Waals surface area contributed by atoms with Gasteiger partial charge in [0.25, 0.3) is 5.56 Å². The maximum absolute atomic E-state index is 12.7. The molecule has 1 unspecified atom stereocenters. The Hall–Kier alpha value is -3.32. The standard InChI is InChI=1S/C22H20N2O4S/c1-12-4-6-13(7-5-12)16-11-18(15-9-8-14(26-2)10-17(15)27-3)28-21-19(16)20(25)23-22(29)24-21/h4-11,16H,1-3H3,(H2,23,24,25,29). The number of benzene rings is 2. The Morgan fingerprint density at radius 2 is 1.79 bits per heavy atom. The van der Waals surface area contributed by atoms with E-state index in [0.29, 0.717) is 28.7 Å². The van der Waals surface area contributed by atoms with Gasteiger partial charge < -0.3 is 19.2 Å². The van der Waals surface area contributed by atoms with E-state index >= 15 is 0 Å². The molecule has 1 aliphatic heterocycles. The van der Waals surface area contributed by atoms with E-state index in [1.165, 1.54) is 0 Å². The highest BCUT2D eigenvalue weighted by atomic mass is 32.1. The summed E-state index contributed by atoms with van der Waals surface area (Å²) in [6, 6.07) is 13.5. The van der Waals surface area contributed by atoms with Crippen molar-refractivity contribution in [2.24, 2.45) is 0 Å².